The number of hydrogen-bond donors (Lipinski definition) is 1. The van der Waals surface area contributed by atoms with Crippen LogP contribution in [0.1, 0.15) is 49.5 Å². The topological polar surface area (TPSA) is 60.8 Å². The van der Waals surface area contributed by atoms with Gasteiger partial charge in [0.1, 0.15) is 36.9 Å². The van der Waals surface area contributed by atoms with Gasteiger partial charge in [-0.1, -0.05) is 43.5 Å². The Balaban J connectivity index is 1.27. The molecule has 0 saturated heterocycles. The van der Waals surface area contributed by atoms with Gasteiger partial charge >= 0.3 is 0 Å². The van der Waals surface area contributed by atoms with Crippen molar-refractivity contribution in [2.45, 2.75) is 57.0 Å². The van der Waals surface area contributed by atoms with Gasteiger partial charge in [-0.15, -0.1) is 0 Å². The zero-order chi connectivity index (χ0) is 20.3. The van der Waals surface area contributed by atoms with Gasteiger partial charge in [0.2, 0.25) is 0 Å². The summed E-state index contributed by atoms with van der Waals surface area (Å²) in [6.07, 6.45) is 4.99. The van der Waals surface area contributed by atoms with Crippen molar-refractivity contribution >= 4 is 10.9 Å². The molecule has 2 atom stereocenters. The Hall–Kier alpha value is -2.63. The van der Waals surface area contributed by atoms with E-state index in [1.165, 1.54) is 19.3 Å². The van der Waals surface area contributed by atoms with Crippen LogP contribution in [0.25, 0.3) is 10.9 Å². The maximum atomic E-state index is 10.9. The summed E-state index contributed by atoms with van der Waals surface area (Å²) < 4.78 is 18.0. The summed E-state index contributed by atoms with van der Waals surface area (Å²) >= 11 is 0. The van der Waals surface area contributed by atoms with Gasteiger partial charge < -0.3 is 19.3 Å². The highest BCUT2D eigenvalue weighted by atomic mass is 16.6. The van der Waals surface area contributed by atoms with Crippen molar-refractivity contribution in [1.82, 2.24) is 4.98 Å². The van der Waals surface area contributed by atoms with E-state index in [0.29, 0.717) is 24.7 Å². The third-order valence-electron chi connectivity index (χ3n) is 6.02. The molecule has 0 radical (unpaired) electrons. The fourth-order valence-corrected chi connectivity index (χ4v) is 4.35. The van der Waals surface area contributed by atoms with Crippen LogP contribution in [0.5, 0.6) is 11.5 Å². The van der Waals surface area contributed by atoms with Crippen LogP contribution in [0.3, 0.4) is 0 Å². The Morgan fingerprint density at radius 2 is 1.87 bits per heavy atom. The fraction of sp³-hybridized carbons (Fsp3) is 0.400. The van der Waals surface area contributed by atoms with Gasteiger partial charge in [-0.25, -0.2) is 4.98 Å². The zero-order valence-corrected chi connectivity index (χ0v) is 17.0. The highest BCUT2D eigenvalue weighted by Crippen LogP contribution is 2.37. The van der Waals surface area contributed by atoms with Crippen LogP contribution in [0.15, 0.2) is 54.6 Å². The van der Waals surface area contributed by atoms with Gasteiger partial charge in [-0.2, -0.15) is 0 Å². The van der Waals surface area contributed by atoms with E-state index in [4.69, 9.17) is 14.2 Å². The molecule has 1 aliphatic carbocycles. The highest BCUT2D eigenvalue weighted by molar-refractivity contribution is 5.78. The third kappa shape index (κ3) is 4.13. The standard InChI is InChI=1S/C25H27NO4/c27-25-21-14-20(28-15-18-11-10-17-6-4-5-9-22(17)26-18)12-13-23(21)29-16-24(25)30-19-7-2-1-3-8-19/h4-6,9-14,19,24-25,27H,1-3,7-8,15-16H2/t24-,25-/m1/s1. The summed E-state index contributed by atoms with van der Waals surface area (Å²) in [6, 6.07) is 17.7. The van der Waals surface area contributed by atoms with E-state index < -0.39 is 6.10 Å². The minimum absolute atomic E-state index is 0.224. The molecule has 30 heavy (non-hydrogen) atoms. The van der Waals surface area contributed by atoms with Crippen LogP contribution < -0.4 is 9.47 Å². The molecule has 1 aromatic heterocycles. The number of aliphatic hydroxyl groups is 1. The second-order valence-corrected chi connectivity index (χ2v) is 8.17. The lowest BCUT2D eigenvalue weighted by Gasteiger charge is -2.34. The van der Waals surface area contributed by atoms with Crippen LogP contribution >= 0.6 is 0 Å². The van der Waals surface area contributed by atoms with Gasteiger partial charge in [0, 0.05) is 10.9 Å². The second kappa shape index (κ2) is 8.62. The predicted molar refractivity (Wildman–Crippen MR) is 115 cm³/mol. The summed E-state index contributed by atoms with van der Waals surface area (Å²) in [5.74, 6) is 1.38. The summed E-state index contributed by atoms with van der Waals surface area (Å²) in [4.78, 5) is 4.65. The van der Waals surface area contributed by atoms with Crippen LogP contribution in [0.2, 0.25) is 0 Å². The van der Waals surface area contributed by atoms with Crippen LogP contribution in [-0.4, -0.2) is 28.9 Å². The molecule has 1 saturated carbocycles. The molecule has 0 spiro atoms. The van der Waals surface area contributed by atoms with Gasteiger partial charge in [0.05, 0.1) is 17.3 Å². The van der Waals surface area contributed by atoms with Crippen LogP contribution in [-0.2, 0) is 11.3 Å². The molecule has 0 unspecified atom stereocenters. The van der Waals surface area contributed by atoms with Gasteiger partial charge in [-0.05, 0) is 43.2 Å². The average Bonchev–Trinajstić information content (AvgIpc) is 2.80. The first-order valence-corrected chi connectivity index (χ1v) is 10.8. The second-order valence-electron chi connectivity index (χ2n) is 8.17. The zero-order valence-electron chi connectivity index (χ0n) is 17.0. The Bertz CT molecular complexity index is 1010. The molecule has 5 heteroatoms. The fourth-order valence-electron chi connectivity index (χ4n) is 4.35. The number of nitrogens with zero attached hydrogens (tertiary/aromatic N) is 1. The van der Waals surface area contributed by atoms with Crippen molar-refractivity contribution in [3.63, 3.8) is 0 Å². The Kier molecular flexibility index (Phi) is 5.56. The SMILES string of the molecule is O[C@@H]1c2cc(OCc3ccc4ccccc4n3)ccc2OC[C@H]1OC1CCCCC1. The lowest BCUT2D eigenvalue weighted by molar-refractivity contribution is -0.113. The molecule has 3 aromatic rings. The van der Waals surface area contributed by atoms with Crippen molar-refractivity contribution in [2.24, 2.45) is 0 Å². The van der Waals surface area contributed by atoms with Gasteiger partial charge in [0.25, 0.3) is 0 Å². The van der Waals surface area contributed by atoms with E-state index in [-0.39, 0.29) is 12.2 Å². The van der Waals surface area contributed by atoms with Crippen LogP contribution in [0.4, 0.5) is 0 Å². The number of pyridine rings is 1. The van der Waals surface area contributed by atoms with E-state index in [0.717, 1.165) is 35.0 Å². The van der Waals surface area contributed by atoms with Gasteiger partial charge in [0.15, 0.2) is 0 Å². The Morgan fingerprint density at radius 3 is 2.77 bits per heavy atom. The highest BCUT2D eigenvalue weighted by Gasteiger charge is 2.33. The first-order chi connectivity index (χ1) is 14.8. The number of rotatable bonds is 5. The van der Waals surface area contributed by atoms with Crippen molar-refractivity contribution < 1.29 is 19.3 Å². The molecule has 1 N–H and O–H groups in total. The molecule has 5 rings (SSSR count). The molecular weight excluding hydrogens is 378 g/mol. The number of ether oxygens (including phenoxy) is 3. The van der Waals surface area contributed by atoms with Crippen molar-refractivity contribution in [3.8, 4) is 11.5 Å². The predicted octanol–water partition coefficient (Wildman–Crippen LogP) is 4.96. The minimum Gasteiger partial charge on any atom is -0.490 e. The number of aliphatic hydroxyl groups excluding tert-OH is 1. The monoisotopic (exact) mass is 405 g/mol. The molecule has 1 aliphatic heterocycles. The first kappa shape index (κ1) is 19.3. The molecule has 2 aliphatic rings. The smallest absolute Gasteiger partial charge is 0.130 e. The molecular formula is C25H27NO4. The van der Waals surface area contributed by atoms with E-state index in [1.807, 2.05) is 48.5 Å². The average molecular weight is 405 g/mol. The Labute approximate surface area is 176 Å². The number of hydrogen-bond acceptors (Lipinski definition) is 5. The summed E-state index contributed by atoms with van der Waals surface area (Å²) in [6.45, 7) is 0.745. The molecule has 2 heterocycles. The lowest BCUT2D eigenvalue weighted by Crippen LogP contribution is -2.37. The third-order valence-corrected chi connectivity index (χ3v) is 6.02. The number of para-hydroxylation sites is 1. The lowest BCUT2D eigenvalue weighted by atomic mass is 9.96. The summed E-state index contributed by atoms with van der Waals surface area (Å²) in [5.41, 5.74) is 2.54. The molecule has 0 bridgehead atoms. The summed E-state index contributed by atoms with van der Waals surface area (Å²) in [7, 11) is 0. The van der Waals surface area contributed by atoms with E-state index in [1.54, 1.807) is 0 Å². The summed E-state index contributed by atoms with van der Waals surface area (Å²) in [5, 5.41) is 12.0. The normalized spacial score (nSPS) is 21.8. The molecule has 0 amide bonds. The van der Waals surface area contributed by atoms with Crippen molar-refractivity contribution in [3.05, 3.63) is 65.9 Å². The molecule has 5 nitrogen and oxygen atoms in total. The minimum atomic E-state index is -0.710. The quantitative estimate of drug-likeness (QED) is 0.650. The largest absolute Gasteiger partial charge is 0.490 e. The van der Waals surface area contributed by atoms with Crippen molar-refractivity contribution in [1.29, 1.82) is 0 Å². The van der Waals surface area contributed by atoms with E-state index in [9.17, 15) is 5.11 Å². The van der Waals surface area contributed by atoms with E-state index >= 15 is 0 Å². The maximum absolute atomic E-state index is 10.9. The van der Waals surface area contributed by atoms with Crippen LogP contribution in [0, 0.1) is 0 Å². The first-order valence-electron chi connectivity index (χ1n) is 10.8. The number of benzene rings is 2. The Morgan fingerprint density at radius 1 is 1.00 bits per heavy atom. The molecule has 1 fully saturated rings. The van der Waals surface area contributed by atoms with E-state index in [2.05, 4.69) is 11.1 Å². The van der Waals surface area contributed by atoms with Gasteiger partial charge in [-0.3, -0.25) is 0 Å². The molecule has 2 aromatic carbocycles. The molecule has 156 valence electrons. The van der Waals surface area contributed by atoms with Crippen molar-refractivity contribution in [2.75, 3.05) is 6.61 Å². The maximum Gasteiger partial charge on any atom is 0.130 e. The number of fused-ring (bicyclic) bond motifs is 2. The number of aromatic nitrogens is 1.